The molecule has 0 unspecified atom stereocenters. The number of carbonyl (C=O) groups is 1. The monoisotopic (exact) mass is 405 g/mol. The number of rotatable bonds is 1. The fraction of sp³-hybridized carbons (Fsp3) is 0.263. The lowest BCUT2D eigenvalue weighted by atomic mass is 10.0. The van der Waals surface area contributed by atoms with Gasteiger partial charge in [0.05, 0.1) is 5.56 Å². The van der Waals surface area contributed by atoms with Crippen LogP contribution in [-0.2, 0) is 11.0 Å². The number of benzene rings is 1. The van der Waals surface area contributed by atoms with Crippen molar-refractivity contribution in [2.45, 2.75) is 25.4 Å². The lowest BCUT2D eigenvalue weighted by Crippen LogP contribution is -2.28. The number of halogens is 3. The molecule has 0 bridgehead atoms. The Hall–Kier alpha value is -3.43. The third kappa shape index (κ3) is 4.71. The molecule has 4 N–H and O–H groups in total. The van der Waals surface area contributed by atoms with Gasteiger partial charge in [-0.2, -0.15) is 13.2 Å². The van der Waals surface area contributed by atoms with Crippen LogP contribution in [0.15, 0.2) is 36.7 Å². The number of nitrogens with one attached hydrogen (secondary N) is 1. The Morgan fingerprint density at radius 2 is 1.90 bits per heavy atom. The summed E-state index contributed by atoms with van der Waals surface area (Å²) in [5, 5.41) is 21.3. The summed E-state index contributed by atoms with van der Waals surface area (Å²) < 4.78 is 37.9. The summed E-state index contributed by atoms with van der Waals surface area (Å²) in [6.45, 7) is 0.888. The molecule has 7 nitrogen and oxygen atoms in total. The number of piperidine rings is 1. The maximum atomic E-state index is 12.6. The number of hydrogen-bond acceptors (Lipinski definition) is 6. The fourth-order valence-corrected chi connectivity index (χ4v) is 2.85. The molecule has 4 rings (SSSR count). The first-order valence-corrected chi connectivity index (χ1v) is 8.80. The molecule has 0 spiro atoms. The molecule has 3 heterocycles. The van der Waals surface area contributed by atoms with Crippen LogP contribution in [0.25, 0.3) is 22.0 Å². The first-order chi connectivity index (χ1) is 13.8. The summed E-state index contributed by atoms with van der Waals surface area (Å²) in [6, 6.07) is 4.28. The number of fused-ring (bicyclic) bond motifs is 1. The SMILES string of the molecule is Nc1nnc(-c2ccc(C(F)(F)F)cc2O)c2ccncc12.O=C1CCCCN1. The predicted octanol–water partition coefficient (Wildman–Crippen LogP) is 3.28. The van der Waals surface area contributed by atoms with Crippen LogP contribution < -0.4 is 11.1 Å². The summed E-state index contributed by atoms with van der Waals surface area (Å²) in [7, 11) is 0. The van der Waals surface area contributed by atoms with E-state index in [2.05, 4.69) is 20.5 Å². The number of phenolic OH excluding ortho intramolecular Hbond substituents is 1. The molecule has 1 aromatic carbocycles. The minimum atomic E-state index is -4.53. The summed E-state index contributed by atoms with van der Waals surface area (Å²) >= 11 is 0. The van der Waals surface area contributed by atoms with Crippen LogP contribution >= 0.6 is 0 Å². The van der Waals surface area contributed by atoms with Gasteiger partial charge in [-0.3, -0.25) is 9.78 Å². The predicted molar refractivity (Wildman–Crippen MR) is 101 cm³/mol. The maximum Gasteiger partial charge on any atom is 0.416 e. The van der Waals surface area contributed by atoms with Crippen molar-refractivity contribution in [2.75, 3.05) is 12.3 Å². The topological polar surface area (TPSA) is 114 Å². The largest absolute Gasteiger partial charge is 0.507 e. The smallest absolute Gasteiger partial charge is 0.416 e. The Bertz CT molecular complexity index is 1030. The standard InChI is InChI=1S/C14H9F3N4O.C5H9NO/c15-14(16,17)7-1-2-9(11(22)5-7)12-8-3-4-19-6-10(8)13(18)21-20-12;7-5-3-1-2-4-6-5/h1-6,22H,(H2,18,21);1-4H2,(H,6,7). The minimum absolute atomic E-state index is 0.136. The van der Waals surface area contributed by atoms with E-state index in [4.69, 9.17) is 5.73 Å². The van der Waals surface area contributed by atoms with E-state index in [1.165, 1.54) is 12.4 Å². The highest BCUT2D eigenvalue weighted by Crippen LogP contribution is 2.38. The maximum absolute atomic E-state index is 12.6. The zero-order chi connectivity index (χ0) is 21.0. The third-order valence-corrected chi connectivity index (χ3v) is 4.34. The van der Waals surface area contributed by atoms with Gasteiger partial charge in [0, 0.05) is 41.7 Å². The second kappa shape index (κ2) is 8.29. The Kier molecular flexibility index (Phi) is 5.81. The quantitative estimate of drug-likeness (QED) is 0.573. The number of nitrogens with zero attached hydrogens (tertiary/aromatic N) is 3. The van der Waals surface area contributed by atoms with Crippen molar-refractivity contribution in [3.8, 4) is 17.0 Å². The average molecular weight is 405 g/mol. The van der Waals surface area contributed by atoms with E-state index in [9.17, 15) is 23.1 Å². The van der Waals surface area contributed by atoms with E-state index in [1.807, 2.05) is 0 Å². The zero-order valence-electron chi connectivity index (χ0n) is 15.2. The number of nitrogen functional groups attached to an aromatic ring is 1. The van der Waals surface area contributed by atoms with Crippen LogP contribution in [0.5, 0.6) is 5.75 Å². The van der Waals surface area contributed by atoms with E-state index in [1.54, 1.807) is 6.07 Å². The number of alkyl halides is 3. The summed E-state index contributed by atoms with van der Waals surface area (Å²) in [6.07, 6.45) is 1.41. The molecule has 1 aliphatic rings. The van der Waals surface area contributed by atoms with Gasteiger partial charge in [-0.1, -0.05) is 0 Å². The molecule has 1 fully saturated rings. The number of amides is 1. The second-order valence-electron chi connectivity index (χ2n) is 6.39. The van der Waals surface area contributed by atoms with E-state index in [0.29, 0.717) is 16.8 Å². The number of aromatic nitrogens is 3. The Morgan fingerprint density at radius 1 is 1.10 bits per heavy atom. The van der Waals surface area contributed by atoms with Gasteiger partial charge in [0.15, 0.2) is 5.82 Å². The van der Waals surface area contributed by atoms with Gasteiger partial charge in [0.25, 0.3) is 0 Å². The zero-order valence-corrected chi connectivity index (χ0v) is 15.2. The van der Waals surface area contributed by atoms with Gasteiger partial charge in [-0.15, -0.1) is 10.2 Å². The van der Waals surface area contributed by atoms with Crippen LogP contribution in [0.2, 0.25) is 0 Å². The molecule has 1 amide bonds. The number of hydrogen-bond donors (Lipinski definition) is 3. The van der Waals surface area contributed by atoms with Gasteiger partial charge in [-0.25, -0.2) is 0 Å². The molecule has 0 atom stereocenters. The minimum Gasteiger partial charge on any atom is -0.507 e. The summed E-state index contributed by atoms with van der Waals surface area (Å²) in [5.41, 5.74) is 5.13. The second-order valence-corrected chi connectivity index (χ2v) is 6.39. The van der Waals surface area contributed by atoms with E-state index in [0.717, 1.165) is 37.9 Å². The molecular weight excluding hydrogens is 387 g/mol. The van der Waals surface area contributed by atoms with Gasteiger partial charge < -0.3 is 16.2 Å². The van der Waals surface area contributed by atoms with Crippen LogP contribution in [0.1, 0.15) is 24.8 Å². The van der Waals surface area contributed by atoms with Crippen molar-refractivity contribution in [2.24, 2.45) is 0 Å². The van der Waals surface area contributed by atoms with Crippen LogP contribution in [-0.4, -0.2) is 32.7 Å². The van der Waals surface area contributed by atoms with Crippen molar-refractivity contribution in [1.82, 2.24) is 20.5 Å². The van der Waals surface area contributed by atoms with Crippen molar-refractivity contribution < 1.29 is 23.1 Å². The Labute approximate surface area is 163 Å². The number of aromatic hydroxyl groups is 1. The molecule has 1 aliphatic heterocycles. The van der Waals surface area contributed by atoms with Crippen molar-refractivity contribution >= 4 is 22.5 Å². The van der Waals surface area contributed by atoms with Gasteiger partial charge in [0.2, 0.25) is 5.91 Å². The molecule has 2 aromatic heterocycles. The van der Waals surface area contributed by atoms with Crippen LogP contribution in [0.4, 0.5) is 19.0 Å². The first-order valence-electron chi connectivity index (χ1n) is 8.80. The molecule has 152 valence electrons. The summed E-state index contributed by atoms with van der Waals surface area (Å²) in [4.78, 5) is 14.3. The molecule has 3 aromatic rings. The number of anilines is 1. The van der Waals surface area contributed by atoms with Gasteiger partial charge in [-0.05, 0) is 37.1 Å². The molecule has 0 radical (unpaired) electrons. The Balaban J connectivity index is 0.000000290. The fourth-order valence-electron chi connectivity index (χ4n) is 2.85. The highest BCUT2D eigenvalue weighted by molar-refractivity contribution is 5.99. The number of phenols is 1. The highest BCUT2D eigenvalue weighted by atomic mass is 19.4. The number of pyridine rings is 1. The van der Waals surface area contributed by atoms with Crippen LogP contribution in [0.3, 0.4) is 0 Å². The lowest BCUT2D eigenvalue weighted by molar-refractivity contribution is -0.137. The molecule has 0 aliphatic carbocycles. The average Bonchev–Trinajstić information content (AvgIpc) is 2.69. The normalized spacial score (nSPS) is 14.1. The Morgan fingerprint density at radius 3 is 2.48 bits per heavy atom. The van der Waals surface area contributed by atoms with Crippen molar-refractivity contribution in [3.63, 3.8) is 0 Å². The molecule has 29 heavy (non-hydrogen) atoms. The van der Waals surface area contributed by atoms with E-state index in [-0.39, 0.29) is 23.0 Å². The van der Waals surface area contributed by atoms with E-state index < -0.39 is 17.5 Å². The van der Waals surface area contributed by atoms with Crippen molar-refractivity contribution in [3.05, 3.63) is 42.2 Å². The van der Waals surface area contributed by atoms with Crippen molar-refractivity contribution in [1.29, 1.82) is 0 Å². The van der Waals surface area contributed by atoms with Gasteiger partial charge >= 0.3 is 6.18 Å². The third-order valence-electron chi connectivity index (χ3n) is 4.34. The molecule has 1 saturated heterocycles. The first kappa shape index (κ1) is 20.3. The number of nitrogens with two attached hydrogens (primary N) is 1. The lowest BCUT2D eigenvalue weighted by Gasteiger charge is -2.11. The molecule has 10 heteroatoms. The number of carbonyl (C=O) groups excluding carboxylic acids is 1. The molecular formula is C19H18F3N5O2. The van der Waals surface area contributed by atoms with E-state index >= 15 is 0 Å². The summed E-state index contributed by atoms with van der Waals surface area (Å²) in [5.74, 6) is -0.170. The van der Waals surface area contributed by atoms with Gasteiger partial charge in [0.1, 0.15) is 11.4 Å². The van der Waals surface area contributed by atoms with Crippen LogP contribution in [0, 0.1) is 0 Å². The highest BCUT2D eigenvalue weighted by Gasteiger charge is 2.31. The molecule has 0 saturated carbocycles.